The van der Waals surface area contributed by atoms with Crippen LogP contribution in [0.2, 0.25) is 0 Å². The molecule has 1 nitrogen and oxygen atoms in total. The minimum absolute atomic E-state index is 0.913. The van der Waals surface area contributed by atoms with Crippen LogP contribution in [0, 0.1) is 0 Å². The van der Waals surface area contributed by atoms with Crippen LogP contribution < -0.4 is 0 Å². The van der Waals surface area contributed by atoms with Crippen molar-refractivity contribution in [3.05, 3.63) is 158 Å². The molecule has 0 N–H and O–H groups in total. The second-order valence-corrected chi connectivity index (χ2v) is 12.1. The van der Waals surface area contributed by atoms with Gasteiger partial charge in [0.15, 0.2) is 0 Å². The van der Waals surface area contributed by atoms with Gasteiger partial charge in [0.1, 0.15) is 11.2 Å². The molecule has 0 saturated heterocycles. The summed E-state index contributed by atoms with van der Waals surface area (Å²) in [7, 11) is 0. The standard InChI is InChI=1S/C44H26O/c1-2-7-27(8-3-1)30-17-21-42-40(25-30)41-26-31(18-22-43(41)45-42)29-15-13-28-14-16-32(24-33(28)23-29)34-19-20-39-36-10-5-4-9-35(36)38-12-6-11-37(34)44(38)39/h1-26H. The first-order valence-corrected chi connectivity index (χ1v) is 15.5. The Morgan fingerprint density at radius 1 is 0.289 bits per heavy atom. The minimum Gasteiger partial charge on any atom is -0.456 e. The lowest BCUT2D eigenvalue weighted by Gasteiger charge is -2.11. The highest BCUT2D eigenvalue weighted by molar-refractivity contribution is 6.19. The van der Waals surface area contributed by atoms with Crippen LogP contribution in [-0.4, -0.2) is 0 Å². The van der Waals surface area contributed by atoms with Crippen LogP contribution in [0.5, 0.6) is 0 Å². The maximum absolute atomic E-state index is 6.25. The molecule has 45 heavy (non-hydrogen) atoms. The van der Waals surface area contributed by atoms with Crippen molar-refractivity contribution in [2.75, 3.05) is 0 Å². The molecule has 9 aromatic rings. The Labute approximate surface area is 260 Å². The number of fused-ring (bicyclic) bond motifs is 7. The molecule has 0 aliphatic heterocycles. The molecule has 1 heterocycles. The summed E-state index contributed by atoms with van der Waals surface area (Å²) in [6, 6.07) is 57.4. The molecule has 0 bridgehead atoms. The molecule has 1 aromatic heterocycles. The molecule has 1 aliphatic carbocycles. The van der Waals surface area contributed by atoms with Crippen molar-refractivity contribution in [2.45, 2.75) is 0 Å². The van der Waals surface area contributed by atoms with Crippen LogP contribution in [0.15, 0.2) is 162 Å². The van der Waals surface area contributed by atoms with E-state index in [-0.39, 0.29) is 0 Å². The van der Waals surface area contributed by atoms with Crippen LogP contribution in [0.3, 0.4) is 0 Å². The maximum Gasteiger partial charge on any atom is 0.135 e. The zero-order valence-corrected chi connectivity index (χ0v) is 24.4. The van der Waals surface area contributed by atoms with E-state index in [9.17, 15) is 0 Å². The van der Waals surface area contributed by atoms with Crippen molar-refractivity contribution < 1.29 is 4.42 Å². The number of furan rings is 1. The predicted molar refractivity (Wildman–Crippen MR) is 189 cm³/mol. The van der Waals surface area contributed by atoms with Gasteiger partial charge in [0.05, 0.1) is 0 Å². The second-order valence-electron chi connectivity index (χ2n) is 12.1. The number of hydrogen-bond donors (Lipinski definition) is 0. The quantitative estimate of drug-likeness (QED) is 0.206. The van der Waals surface area contributed by atoms with Gasteiger partial charge in [-0.25, -0.2) is 0 Å². The molecule has 1 heteroatoms. The van der Waals surface area contributed by atoms with Gasteiger partial charge < -0.3 is 4.42 Å². The van der Waals surface area contributed by atoms with E-state index in [1.165, 1.54) is 77.2 Å². The van der Waals surface area contributed by atoms with Crippen molar-refractivity contribution in [3.63, 3.8) is 0 Å². The molecular weight excluding hydrogens is 544 g/mol. The first-order valence-electron chi connectivity index (χ1n) is 15.5. The molecule has 0 radical (unpaired) electrons. The summed E-state index contributed by atoms with van der Waals surface area (Å²) in [6.07, 6.45) is 0. The van der Waals surface area contributed by atoms with E-state index >= 15 is 0 Å². The van der Waals surface area contributed by atoms with E-state index in [2.05, 4.69) is 158 Å². The van der Waals surface area contributed by atoms with Crippen LogP contribution in [0.25, 0.3) is 99.1 Å². The molecule has 8 aromatic carbocycles. The van der Waals surface area contributed by atoms with Crippen LogP contribution in [0.4, 0.5) is 0 Å². The van der Waals surface area contributed by atoms with Gasteiger partial charge in [-0.2, -0.15) is 0 Å². The van der Waals surface area contributed by atoms with Gasteiger partial charge in [0.25, 0.3) is 0 Å². The summed E-state index contributed by atoms with van der Waals surface area (Å²) in [6.45, 7) is 0. The van der Waals surface area contributed by atoms with E-state index in [0.29, 0.717) is 0 Å². The zero-order valence-electron chi connectivity index (χ0n) is 24.4. The molecule has 0 amide bonds. The highest BCUT2D eigenvalue weighted by Crippen LogP contribution is 2.49. The third-order valence-electron chi connectivity index (χ3n) is 9.61. The van der Waals surface area contributed by atoms with E-state index in [4.69, 9.17) is 4.42 Å². The summed E-state index contributed by atoms with van der Waals surface area (Å²) in [4.78, 5) is 0. The topological polar surface area (TPSA) is 13.1 Å². The first-order chi connectivity index (χ1) is 22.3. The minimum atomic E-state index is 0.913. The lowest BCUT2D eigenvalue weighted by molar-refractivity contribution is 0.669. The lowest BCUT2D eigenvalue weighted by atomic mass is 9.92. The van der Waals surface area contributed by atoms with E-state index in [1.54, 1.807) is 0 Å². The van der Waals surface area contributed by atoms with Crippen molar-refractivity contribution in [3.8, 4) is 55.6 Å². The number of hydrogen-bond acceptors (Lipinski definition) is 1. The Balaban J connectivity index is 1.09. The Bertz CT molecular complexity index is 2610. The molecule has 0 saturated carbocycles. The first kappa shape index (κ1) is 24.5. The molecule has 0 spiro atoms. The van der Waals surface area contributed by atoms with Crippen LogP contribution >= 0.6 is 0 Å². The highest BCUT2D eigenvalue weighted by atomic mass is 16.3. The second kappa shape index (κ2) is 9.29. The summed E-state index contributed by atoms with van der Waals surface area (Å²) in [5, 5.41) is 7.43. The molecule has 10 rings (SSSR count). The van der Waals surface area contributed by atoms with Gasteiger partial charge in [-0.15, -0.1) is 0 Å². The third kappa shape index (κ3) is 3.68. The Morgan fingerprint density at radius 3 is 1.60 bits per heavy atom. The SMILES string of the molecule is c1ccc(-c2ccc3oc4ccc(-c5ccc6ccc(-c7ccc8c9c(cccc79)-c7ccccc7-8)cc6c5)cc4c3c2)cc1. The average Bonchev–Trinajstić information content (AvgIpc) is 3.64. The third-order valence-corrected chi connectivity index (χ3v) is 9.61. The van der Waals surface area contributed by atoms with Gasteiger partial charge in [-0.1, -0.05) is 121 Å². The van der Waals surface area contributed by atoms with Crippen molar-refractivity contribution >= 4 is 43.5 Å². The van der Waals surface area contributed by atoms with Crippen molar-refractivity contribution in [2.24, 2.45) is 0 Å². The molecular formula is C44H26O. The summed E-state index contributed by atoms with van der Waals surface area (Å²) in [5.74, 6) is 0. The fourth-order valence-electron chi connectivity index (χ4n) is 7.42. The average molecular weight is 571 g/mol. The largest absolute Gasteiger partial charge is 0.456 e. The van der Waals surface area contributed by atoms with Gasteiger partial charge in [-0.05, 0) is 114 Å². The Hall–Kier alpha value is -5.92. The van der Waals surface area contributed by atoms with E-state index in [1.807, 2.05) is 0 Å². The fraction of sp³-hybridized carbons (Fsp3) is 0. The Kier molecular flexibility index (Phi) is 5.06. The fourth-order valence-corrected chi connectivity index (χ4v) is 7.42. The van der Waals surface area contributed by atoms with Crippen molar-refractivity contribution in [1.82, 2.24) is 0 Å². The summed E-state index contributed by atoms with van der Waals surface area (Å²) in [5.41, 5.74) is 14.5. The lowest BCUT2D eigenvalue weighted by Crippen LogP contribution is -1.85. The molecule has 0 fully saturated rings. The maximum atomic E-state index is 6.25. The number of rotatable bonds is 3. The predicted octanol–water partition coefficient (Wildman–Crippen LogP) is 12.5. The van der Waals surface area contributed by atoms with Crippen LogP contribution in [0.1, 0.15) is 0 Å². The normalized spacial score (nSPS) is 12.0. The monoisotopic (exact) mass is 570 g/mol. The molecule has 0 unspecified atom stereocenters. The van der Waals surface area contributed by atoms with Crippen LogP contribution in [-0.2, 0) is 0 Å². The number of benzene rings is 8. The highest BCUT2D eigenvalue weighted by Gasteiger charge is 2.22. The van der Waals surface area contributed by atoms with Gasteiger partial charge in [-0.3, -0.25) is 0 Å². The van der Waals surface area contributed by atoms with Gasteiger partial charge >= 0.3 is 0 Å². The smallest absolute Gasteiger partial charge is 0.135 e. The van der Waals surface area contributed by atoms with E-state index < -0.39 is 0 Å². The van der Waals surface area contributed by atoms with Gasteiger partial charge in [0.2, 0.25) is 0 Å². The summed E-state index contributed by atoms with van der Waals surface area (Å²) < 4.78 is 6.25. The zero-order chi connectivity index (χ0) is 29.5. The van der Waals surface area contributed by atoms with Gasteiger partial charge in [0, 0.05) is 10.8 Å². The van der Waals surface area contributed by atoms with E-state index in [0.717, 1.165) is 21.9 Å². The molecule has 0 atom stereocenters. The Morgan fingerprint density at radius 2 is 0.844 bits per heavy atom. The van der Waals surface area contributed by atoms with Crippen molar-refractivity contribution in [1.29, 1.82) is 0 Å². The molecule has 208 valence electrons. The molecule has 1 aliphatic rings. The summed E-state index contributed by atoms with van der Waals surface area (Å²) >= 11 is 0.